The van der Waals surface area contributed by atoms with Crippen LogP contribution in [0.1, 0.15) is 42.5 Å². The van der Waals surface area contributed by atoms with Crippen molar-refractivity contribution in [2.75, 3.05) is 10.6 Å². The van der Waals surface area contributed by atoms with E-state index in [4.69, 9.17) is 11.3 Å². The Morgan fingerprint density at radius 1 is 1.15 bits per heavy atom. The van der Waals surface area contributed by atoms with E-state index < -0.39 is 0 Å². The third-order valence-electron chi connectivity index (χ3n) is 5.54. The molecule has 9 nitrogen and oxygen atoms in total. The van der Waals surface area contributed by atoms with E-state index in [1.165, 1.54) is 25.5 Å². The summed E-state index contributed by atoms with van der Waals surface area (Å²) in [6.07, 6.45) is 9.12. The van der Waals surface area contributed by atoms with Crippen molar-refractivity contribution in [2.45, 2.75) is 38.1 Å². The van der Waals surface area contributed by atoms with Crippen LogP contribution in [0, 0.1) is 6.57 Å². The second kappa shape index (κ2) is 9.26. The number of anilines is 2. The molecule has 1 fully saturated rings. The molecule has 3 heterocycles. The standard InChI is InChI=1S/C23H21N7O2S/c1-24-18-13-26-23(33-18)28-22(31)14-7-9-16(10-8-14)32-17-11-12-25-20-19(17)21(30-29-20)27-15-5-3-2-4-6-15/h7-13,15H,2-6H2,(H,26,28,31)(H2,25,27,29,30). The fourth-order valence-electron chi connectivity index (χ4n) is 3.90. The number of nitrogens with zero attached hydrogens (tertiary/aromatic N) is 4. The van der Waals surface area contributed by atoms with Gasteiger partial charge in [-0.05, 0) is 37.1 Å². The lowest BCUT2D eigenvalue weighted by Gasteiger charge is -2.22. The molecular weight excluding hydrogens is 438 g/mol. The first-order valence-corrected chi connectivity index (χ1v) is 11.5. The van der Waals surface area contributed by atoms with Crippen molar-refractivity contribution in [2.24, 2.45) is 0 Å². The number of H-pyrrole nitrogens is 1. The first kappa shape index (κ1) is 20.9. The average Bonchev–Trinajstić information content (AvgIpc) is 3.48. The van der Waals surface area contributed by atoms with Crippen molar-refractivity contribution < 1.29 is 9.53 Å². The molecule has 0 atom stereocenters. The maximum Gasteiger partial charge on any atom is 0.262 e. The average molecular weight is 460 g/mol. The highest BCUT2D eigenvalue weighted by atomic mass is 32.1. The quantitative estimate of drug-likeness (QED) is 0.317. The monoisotopic (exact) mass is 459 g/mol. The molecule has 10 heteroatoms. The van der Waals surface area contributed by atoms with Crippen molar-refractivity contribution in [3.8, 4) is 11.5 Å². The van der Waals surface area contributed by atoms with Crippen molar-refractivity contribution in [1.29, 1.82) is 0 Å². The van der Waals surface area contributed by atoms with Crippen LogP contribution in [-0.2, 0) is 0 Å². The Hall–Kier alpha value is -3.97. The number of benzene rings is 1. The number of rotatable bonds is 6. The van der Waals surface area contributed by atoms with E-state index in [2.05, 4.69) is 35.6 Å². The predicted octanol–water partition coefficient (Wildman–Crippen LogP) is 5.75. The Bertz CT molecular complexity index is 1320. The van der Waals surface area contributed by atoms with E-state index in [9.17, 15) is 4.79 Å². The molecule has 0 spiro atoms. The van der Waals surface area contributed by atoms with Gasteiger partial charge in [-0.2, -0.15) is 5.10 Å². The van der Waals surface area contributed by atoms with Gasteiger partial charge in [0.2, 0.25) is 0 Å². The van der Waals surface area contributed by atoms with Gasteiger partial charge in [-0.15, -0.1) is 11.3 Å². The normalized spacial score (nSPS) is 14.0. The molecule has 3 aromatic heterocycles. The van der Waals surface area contributed by atoms with E-state index >= 15 is 0 Å². The van der Waals surface area contributed by atoms with E-state index in [0.717, 1.165) is 35.4 Å². The summed E-state index contributed by atoms with van der Waals surface area (Å²) in [6.45, 7) is 6.99. The third kappa shape index (κ3) is 4.63. The molecule has 166 valence electrons. The van der Waals surface area contributed by atoms with Gasteiger partial charge in [-0.1, -0.05) is 19.3 Å². The Balaban J connectivity index is 1.31. The van der Waals surface area contributed by atoms with Crippen LogP contribution >= 0.6 is 11.3 Å². The maximum atomic E-state index is 12.5. The Morgan fingerprint density at radius 2 is 1.97 bits per heavy atom. The molecule has 1 amide bonds. The van der Waals surface area contributed by atoms with Crippen molar-refractivity contribution >= 4 is 44.2 Å². The molecule has 1 aromatic carbocycles. The number of aromatic nitrogens is 4. The predicted molar refractivity (Wildman–Crippen MR) is 127 cm³/mol. The molecule has 1 aliphatic rings. The third-order valence-corrected chi connectivity index (χ3v) is 6.34. The number of carbonyl (C=O) groups is 1. The Kier molecular flexibility index (Phi) is 5.87. The summed E-state index contributed by atoms with van der Waals surface area (Å²) in [7, 11) is 0. The van der Waals surface area contributed by atoms with Gasteiger partial charge in [-0.3, -0.25) is 15.2 Å². The zero-order valence-electron chi connectivity index (χ0n) is 17.7. The lowest BCUT2D eigenvalue weighted by Crippen LogP contribution is -2.22. The second-order valence-electron chi connectivity index (χ2n) is 7.78. The van der Waals surface area contributed by atoms with Crippen LogP contribution in [0.5, 0.6) is 11.5 Å². The second-order valence-corrected chi connectivity index (χ2v) is 8.79. The minimum atomic E-state index is -0.299. The molecule has 0 unspecified atom stereocenters. The SMILES string of the molecule is [C-]#[N+]c1cnc(NC(=O)c2ccc(Oc3ccnc4[nH]nc(NC5CCCCC5)c34)cc2)s1. The van der Waals surface area contributed by atoms with Crippen molar-refractivity contribution in [3.05, 3.63) is 59.7 Å². The van der Waals surface area contributed by atoms with E-state index in [-0.39, 0.29) is 5.91 Å². The number of carbonyl (C=O) groups excluding carboxylic acids is 1. The summed E-state index contributed by atoms with van der Waals surface area (Å²) in [4.78, 5) is 24.2. The number of ether oxygens (including phenoxy) is 1. The minimum Gasteiger partial charge on any atom is -0.456 e. The highest BCUT2D eigenvalue weighted by Crippen LogP contribution is 2.34. The van der Waals surface area contributed by atoms with Gasteiger partial charge in [0.1, 0.15) is 16.9 Å². The van der Waals surface area contributed by atoms with Crippen LogP contribution in [0.3, 0.4) is 0 Å². The van der Waals surface area contributed by atoms with Crippen LogP contribution in [0.4, 0.5) is 16.0 Å². The molecule has 0 radical (unpaired) electrons. The molecule has 0 aliphatic heterocycles. The lowest BCUT2D eigenvalue weighted by atomic mass is 9.95. The first-order valence-electron chi connectivity index (χ1n) is 10.7. The fraction of sp³-hybridized carbons (Fsp3) is 0.261. The van der Waals surface area contributed by atoms with Crippen LogP contribution in [-0.4, -0.2) is 32.1 Å². The zero-order chi connectivity index (χ0) is 22.6. The maximum absolute atomic E-state index is 12.5. The molecule has 3 N–H and O–H groups in total. The summed E-state index contributed by atoms with van der Waals surface area (Å²) in [5.74, 6) is 1.68. The molecule has 4 aromatic rings. The summed E-state index contributed by atoms with van der Waals surface area (Å²) in [6, 6.07) is 9.05. The summed E-state index contributed by atoms with van der Waals surface area (Å²) < 4.78 is 6.14. The van der Waals surface area contributed by atoms with E-state index in [0.29, 0.717) is 38.9 Å². The highest BCUT2D eigenvalue weighted by Gasteiger charge is 2.19. The van der Waals surface area contributed by atoms with Gasteiger partial charge >= 0.3 is 0 Å². The number of hydrogen-bond acceptors (Lipinski definition) is 7. The van der Waals surface area contributed by atoms with Crippen LogP contribution in [0.15, 0.2) is 42.7 Å². The van der Waals surface area contributed by atoms with Gasteiger partial charge in [0.05, 0.1) is 6.57 Å². The highest BCUT2D eigenvalue weighted by molar-refractivity contribution is 7.19. The number of hydrogen-bond donors (Lipinski definition) is 3. The zero-order valence-corrected chi connectivity index (χ0v) is 18.5. The molecular formula is C23H21N7O2S. The Morgan fingerprint density at radius 3 is 2.73 bits per heavy atom. The van der Waals surface area contributed by atoms with Gasteiger partial charge in [0.25, 0.3) is 10.9 Å². The lowest BCUT2D eigenvalue weighted by molar-refractivity contribution is 0.102. The largest absolute Gasteiger partial charge is 0.456 e. The first-order chi connectivity index (χ1) is 16.2. The minimum absolute atomic E-state index is 0.299. The molecule has 5 rings (SSSR count). The fourth-order valence-corrected chi connectivity index (χ4v) is 4.50. The number of pyridine rings is 1. The Labute approximate surface area is 194 Å². The van der Waals surface area contributed by atoms with Crippen molar-refractivity contribution in [1.82, 2.24) is 20.2 Å². The van der Waals surface area contributed by atoms with Crippen LogP contribution < -0.4 is 15.4 Å². The molecule has 1 saturated carbocycles. The molecule has 0 bridgehead atoms. The van der Waals surface area contributed by atoms with Gasteiger partial charge in [0.15, 0.2) is 16.6 Å². The number of amides is 1. The van der Waals surface area contributed by atoms with Gasteiger partial charge < -0.3 is 10.1 Å². The number of nitrogens with one attached hydrogen (secondary N) is 3. The van der Waals surface area contributed by atoms with E-state index in [1.54, 1.807) is 30.5 Å². The van der Waals surface area contributed by atoms with Crippen LogP contribution in [0.2, 0.25) is 0 Å². The molecule has 33 heavy (non-hydrogen) atoms. The molecule has 1 aliphatic carbocycles. The van der Waals surface area contributed by atoms with Gasteiger partial charge in [0, 0.05) is 30.1 Å². The topological polar surface area (TPSA) is 109 Å². The number of fused-ring (bicyclic) bond motifs is 1. The smallest absolute Gasteiger partial charge is 0.262 e. The number of thiazole rings is 1. The number of aromatic amines is 1. The molecule has 0 saturated heterocycles. The summed E-state index contributed by atoms with van der Waals surface area (Å²) >= 11 is 1.13. The summed E-state index contributed by atoms with van der Waals surface area (Å²) in [5.41, 5.74) is 1.12. The van der Waals surface area contributed by atoms with Gasteiger partial charge in [-0.25, -0.2) is 14.8 Å². The van der Waals surface area contributed by atoms with E-state index in [1.807, 2.05) is 6.07 Å². The summed E-state index contributed by atoms with van der Waals surface area (Å²) in [5, 5.41) is 15.3. The van der Waals surface area contributed by atoms with Crippen LogP contribution in [0.25, 0.3) is 15.9 Å². The van der Waals surface area contributed by atoms with Crippen molar-refractivity contribution in [3.63, 3.8) is 0 Å².